The van der Waals surface area contributed by atoms with Crippen molar-refractivity contribution in [3.63, 3.8) is 0 Å². The zero-order chi connectivity index (χ0) is 22.1. The van der Waals surface area contributed by atoms with Gasteiger partial charge in [0.1, 0.15) is 0 Å². The van der Waals surface area contributed by atoms with Gasteiger partial charge in [-0.2, -0.15) is 4.31 Å². The van der Waals surface area contributed by atoms with Gasteiger partial charge >= 0.3 is 0 Å². The quantitative estimate of drug-likeness (QED) is 0.595. The van der Waals surface area contributed by atoms with Crippen LogP contribution in [0.25, 0.3) is 10.9 Å². The molecule has 0 unspecified atom stereocenters. The number of nitrogens with one attached hydrogen (secondary N) is 1. The van der Waals surface area contributed by atoms with Crippen LogP contribution in [0.3, 0.4) is 0 Å². The Bertz CT molecular complexity index is 1250. The average Bonchev–Trinajstić information content (AvgIpc) is 3.10. The Labute approximate surface area is 186 Å². The van der Waals surface area contributed by atoms with Crippen molar-refractivity contribution in [2.24, 2.45) is 0 Å². The highest BCUT2D eigenvalue weighted by Crippen LogP contribution is 2.33. The van der Waals surface area contributed by atoms with E-state index in [0.29, 0.717) is 56.5 Å². The molecule has 0 saturated carbocycles. The number of carbonyl (C=O) groups is 1. The van der Waals surface area contributed by atoms with Crippen molar-refractivity contribution in [3.05, 3.63) is 54.2 Å². The van der Waals surface area contributed by atoms with Crippen LogP contribution >= 0.6 is 0 Å². The molecule has 0 aliphatic carbocycles. The van der Waals surface area contributed by atoms with Crippen LogP contribution in [-0.4, -0.2) is 74.3 Å². The molecule has 5 rings (SSSR count). The first-order valence-corrected chi connectivity index (χ1v) is 12.2. The van der Waals surface area contributed by atoms with Gasteiger partial charge in [0, 0.05) is 61.3 Å². The van der Waals surface area contributed by atoms with E-state index < -0.39 is 10.0 Å². The SMILES string of the molecule is O=C(CN1CCN(S(=O)(=O)c2ccc3c(c2)OCCCO3)CC1)c1c[nH]c2ccccc12. The van der Waals surface area contributed by atoms with E-state index in [4.69, 9.17) is 9.47 Å². The molecule has 3 aromatic rings. The molecule has 9 heteroatoms. The number of benzene rings is 2. The number of aromatic amines is 1. The fraction of sp³-hybridized carbons (Fsp3) is 0.348. The number of Topliss-reactive ketones (excluding diaryl/α,β-unsaturated/α-hetero) is 1. The van der Waals surface area contributed by atoms with E-state index in [0.717, 1.165) is 17.3 Å². The van der Waals surface area contributed by atoms with E-state index in [1.54, 1.807) is 24.4 Å². The van der Waals surface area contributed by atoms with Gasteiger partial charge in [0.15, 0.2) is 17.3 Å². The van der Waals surface area contributed by atoms with Gasteiger partial charge in [-0.25, -0.2) is 8.42 Å². The van der Waals surface area contributed by atoms with Gasteiger partial charge in [0.05, 0.1) is 24.7 Å². The van der Waals surface area contributed by atoms with E-state index in [-0.39, 0.29) is 17.2 Å². The number of H-pyrrole nitrogens is 1. The van der Waals surface area contributed by atoms with Crippen LogP contribution in [0.2, 0.25) is 0 Å². The topological polar surface area (TPSA) is 91.9 Å². The Morgan fingerprint density at radius 1 is 0.969 bits per heavy atom. The van der Waals surface area contributed by atoms with Gasteiger partial charge < -0.3 is 14.5 Å². The van der Waals surface area contributed by atoms with Crippen LogP contribution in [0.15, 0.2) is 53.6 Å². The Kier molecular flexibility index (Phi) is 5.62. The number of fused-ring (bicyclic) bond motifs is 2. The predicted molar refractivity (Wildman–Crippen MR) is 120 cm³/mol. The van der Waals surface area contributed by atoms with E-state index in [2.05, 4.69) is 4.98 Å². The maximum atomic E-state index is 13.2. The van der Waals surface area contributed by atoms with Gasteiger partial charge in [0.25, 0.3) is 0 Å². The average molecular weight is 456 g/mol. The Hall–Kier alpha value is -2.88. The molecule has 1 N–H and O–H groups in total. The highest BCUT2D eigenvalue weighted by molar-refractivity contribution is 7.89. The molecule has 2 aliphatic rings. The third-order valence-corrected chi connectivity index (χ3v) is 7.84. The smallest absolute Gasteiger partial charge is 0.243 e. The lowest BCUT2D eigenvalue weighted by atomic mass is 10.1. The maximum Gasteiger partial charge on any atom is 0.243 e. The van der Waals surface area contributed by atoms with Crippen LogP contribution in [0, 0.1) is 0 Å². The van der Waals surface area contributed by atoms with Crippen LogP contribution in [0.1, 0.15) is 16.8 Å². The summed E-state index contributed by atoms with van der Waals surface area (Å²) in [6.07, 6.45) is 2.51. The van der Waals surface area contributed by atoms with Crippen molar-refractivity contribution in [2.45, 2.75) is 11.3 Å². The van der Waals surface area contributed by atoms with Crippen molar-refractivity contribution >= 4 is 26.7 Å². The molecule has 0 bridgehead atoms. The maximum absolute atomic E-state index is 13.2. The van der Waals surface area contributed by atoms with Crippen LogP contribution in [0.5, 0.6) is 11.5 Å². The Balaban J connectivity index is 1.24. The molecule has 0 radical (unpaired) electrons. The Morgan fingerprint density at radius 2 is 1.72 bits per heavy atom. The first kappa shape index (κ1) is 21.0. The second kappa shape index (κ2) is 8.57. The summed E-state index contributed by atoms with van der Waals surface area (Å²) >= 11 is 0. The molecular weight excluding hydrogens is 430 g/mol. The molecule has 3 heterocycles. The predicted octanol–water partition coefficient (Wildman–Crippen LogP) is 2.52. The first-order valence-electron chi connectivity index (χ1n) is 10.7. The largest absolute Gasteiger partial charge is 0.490 e. The van der Waals surface area contributed by atoms with E-state index in [1.165, 1.54) is 4.31 Å². The van der Waals surface area contributed by atoms with Gasteiger partial charge in [-0.1, -0.05) is 18.2 Å². The summed E-state index contributed by atoms with van der Waals surface area (Å²) in [5, 5.41) is 0.910. The van der Waals surface area contributed by atoms with Crippen LogP contribution in [-0.2, 0) is 10.0 Å². The number of carbonyl (C=O) groups excluding carboxylic acids is 1. The summed E-state index contributed by atoms with van der Waals surface area (Å²) in [5.41, 5.74) is 1.60. The standard InChI is InChI=1S/C23H25N3O5S/c27-21(19-15-24-20-5-2-1-4-18(19)20)16-25-8-10-26(11-9-25)32(28,29)17-6-7-22-23(14-17)31-13-3-12-30-22/h1-2,4-7,14-15,24H,3,8-13,16H2. The fourth-order valence-electron chi connectivity index (χ4n) is 4.17. The summed E-state index contributed by atoms with van der Waals surface area (Å²) in [4.78, 5) is 18.2. The molecule has 1 saturated heterocycles. The lowest BCUT2D eigenvalue weighted by molar-refractivity contribution is 0.0903. The molecule has 1 fully saturated rings. The molecule has 8 nitrogen and oxygen atoms in total. The van der Waals surface area contributed by atoms with Crippen molar-refractivity contribution in [2.75, 3.05) is 45.9 Å². The highest BCUT2D eigenvalue weighted by Gasteiger charge is 2.30. The molecule has 0 atom stereocenters. The number of aromatic nitrogens is 1. The number of hydrogen-bond acceptors (Lipinski definition) is 6. The first-order chi connectivity index (χ1) is 15.5. The number of piperazine rings is 1. The molecule has 2 aromatic carbocycles. The number of hydrogen-bond donors (Lipinski definition) is 1. The lowest BCUT2D eigenvalue weighted by Crippen LogP contribution is -2.49. The molecule has 168 valence electrons. The van der Waals surface area contributed by atoms with Gasteiger partial charge in [-0.3, -0.25) is 9.69 Å². The van der Waals surface area contributed by atoms with Gasteiger partial charge in [0.2, 0.25) is 10.0 Å². The number of nitrogens with zero attached hydrogens (tertiary/aromatic N) is 2. The van der Waals surface area contributed by atoms with E-state index in [1.807, 2.05) is 29.2 Å². The number of rotatable bonds is 5. The van der Waals surface area contributed by atoms with Crippen LogP contribution in [0.4, 0.5) is 0 Å². The van der Waals surface area contributed by atoms with Crippen LogP contribution < -0.4 is 9.47 Å². The van der Waals surface area contributed by atoms with Gasteiger partial charge in [-0.05, 0) is 18.2 Å². The van der Waals surface area contributed by atoms with Crippen molar-refractivity contribution in [1.29, 1.82) is 0 Å². The number of para-hydroxylation sites is 1. The zero-order valence-corrected chi connectivity index (χ0v) is 18.4. The van der Waals surface area contributed by atoms with Crippen molar-refractivity contribution < 1.29 is 22.7 Å². The number of sulfonamides is 1. The number of ether oxygens (including phenoxy) is 2. The highest BCUT2D eigenvalue weighted by atomic mass is 32.2. The lowest BCUT2D eigenvalue weighted by Gasteiger charge is -2.33. The van der Waals surface area contributed by atoms with E-state index >= 15 is 0 Å². The third-order valence-electron chi connectivity index (χ3n) is 5.94. The van der Waals surface area contributed by atoms with E-state index in [9.17, 15) is 13.2 Å². The fourth-order valence-corrected chi connectivity index (χ4v) is 5.61. The second-order valence-electron chi connectivity index (χ2n) is 8.01. The minimum absolute atomic E-state index is 0.0293. The third kappa shape index (κ3) is 3.99. The van der Waals surface area contributed by atoms with Crippen molar-refractivity contribution in [3.8, 4) is 11.5 Å². The number of ketones is 1. The summed E-state index contributed by atoms with van der Waals surface area (Å²) in [5.74, 6) is 1.07. The summed E-state index contributed by atoms with van der Waals surface area (Å²) in [6.45, 7) is 2.98. The Morgan fingerprint density at radius 3 is 2.53 bits per heavy atom. The zero-order valence-electron chi connectivity index (χ0n) is 17.6. The summed E-state index contributed by atoms with van der Waals surface area (Å²) < 4.78 is 39.0. The van der Waals surface area contributed by atoms with Crippen molar-refractivity contribution in [1.82, 2.24) is 14.2 Å². The molecule has 0 amide bonds. The summed E-state index contributed by atoms with van der Waals surface area (Å²) in [7, 11) is -3.65. The molecule has 2 aliphatic heterocycles. The molecular formula is C23H25N3O5S. The minimum Gasteiger partial charge on any atom is -0.490 e. The minimum atomic E-state index is -3.65. The normalized spacial score (nSPS) is 17.9. The molecule has 1 aromatic heterocycles. The van der Waals surface area contributed by atoms with Gasteiger partial charge in [-0.15, -0.1) is 0 Å². The molecule has 32 heavy (non-hydrogen) atoms. The monoisotopic (exact) mass is 455 g/mol. The molecule has 0 spiro atoms. The summed E-state index contributed by atoms with van der Waals surface area (Å²) in [6, 6.07) is 12.5. The second-order valence-corrected chi connectivity index (χ2v) is 9.95.